The monoisotopic (exact) mass is 295 g/mol. The normalized spacial score (nSPS) is 16.2. The molecule has 0 aromatic carbocycles. The van der Waals surface area contributed by atoms with Gasteiger partial charge in [0.1, 0.15) is 11.5 Å². The molecule has 0 unspecified atom stereocenters. The van der Waals surface area contributed by atoms with E-state index in [9.17, 15) is 0 Å². The van der Waals surface area contributed by atoms with E-state index < -0.39 is 0 Å². The van der Waals surface area contributed by atoms with Crippen LogP contribution >= 0.6 is 0 Å². The number of methoxy groups -OCH3 is 1. The zero-order chi connectivity index (χ0) is 15.2. The van der Waals surface area contributed by atoms with Gasteiger partial charge in [-0.3, -0.25) is 4.90 Å². The average molecular weight is 295 g/mol. The molecule has 0 saturated carbocycles. The fourth-order valence-corrected chi connectivity index (χ4v) is 2.17. The summed E-state index contributed by atoms with van der Waals surface area (Å²) in [4.78, 5) is 11.2. The molecule has 7 heteroatoms. The Morgan fingerprint density at radius 1 is 1.33 bits per heavy atom. The van der Waals surface area contributed by atoms with Gasteiger partial charge in [0.15, 0.2) is 5.82 Å². The van der Waals surface area contributed by atoms with Crippen molar-refractivity contribution in [3.8, 4) is 5.88 Å². The van der Waals surface area contributed by atoms with E-state index in [1.807, 2.05) is 13.8 Å². The number of nitrogen functional groups attached to an aromatic ring is 1. The highest BCUT2D eigenvalue weighted by atomic mass is 16.5. The second kappa shape index (κ2) is 7.42. The standard InChI is InChI=1S/C14H25N5O2/c1-10(2)12-17-13(11(15)14(18-12)20-3)16-4-5-19-6-8-21-9-7-19/h10H,4-9,15H2,1-3H3,(H,16,17,18). The first-order chi connectivity index (χ1) is 10.1. The fraction of sp³-hybridized carbons (Fsp3) is 0.714. The highest BCUT2D eigenvalue weighted by molar-refractivity contribution is 5.67. The Balaban J connectivity index is 1.99. The van der Waals surface area contributed by atoms with Crippen LogP contribution in [0.1, 0.15) is 25.6 Å². The molecule has 21 heavy (non-hydrogen) atoms. The van der Waals surface area contributed by atoms with E-state index in [4.69, 9.17) is 15.2 Å². The van der Waals surface area contributed by atoms with Crippen LogP contribution < -0.4 is 15.8 Å². The Bertz CT molecular complexity index is 461. The summed E-state index contributed by atoms with van der Waals surface area (Å²) in [5, 5.41) is 3.29. The number of anilines is 2. The third-order valence-electron chi connectivity index (χ3n) is 3.46. The van der Waals surface area contributed by atoms with Gasteiger partial charge in [-0.1, -0.05) is 13.8 Å². The maximum Gasteiger partial charge on any atom is 0.242 e. The maximum absolute atomic E-state index is 6.04. The Morgan fingerprint density at radius 2 is 2.05 bits per heavy atom. The molecule has 0 aliphatic carbocycles. The van der Waals surface area contributed by atoms with E-state index in [2.05, 4.69) is 20.2 Å². The summed E-state index contributed by atoms with van der Waals surface area (Å²) in [5.41, 5.74) is 6.50. The molecule has 0 bridgehead atoms. The van der Waals surface area contributed by atoms with E-state index in [-0.39, 0.29) is 5.92 Å². The molecule has 3 N–H and O–H groups in total. The predicted octanol–water partition coefficient (Wildman–Crippen LogP) is 0.935. The Morgan fingerprint density at radius 3 is 2.67 bits per heavy atom. The van der Waals surface area contributed by atoms with Gasteiger partial charge in [-0.2, -0.15) is 4.98 Å². The molecule has 0 atom stereocenters. The van der Waals surface area contributed by atoms with Crippen LogP contribution in [0, 0.1) is 0 Å². The Hall–Kier alpha value is -1.60. The minimum absolute atomic E-state index is 0.222. The van der Waals surface area contributed by atoms with Crippen LogP contribution in [0.2, 0.25) is 0 Å². The molecule has 0 amide bonds. The van der Waals surface area contributed by atoms with Crippen LogP contribution in [0.4, 0.5) is 11.5 Å². The van der Waals surface area contributed by atoms with Gasteiger partial charge in [0.25, 0.3) is 0 Å². The summed E-state index contributed by atoms with van der Waals surface area (Å²) in [6, 6.07) is 0. The van der Waals surface area contributed by atoms with Gasteiger partial charge < -0.3 is 20.5 Å². The lowest BCUT2D eigenvalue weighted by atomic mass is 10.2. The number of nitrogens with two attached hydrogens (primary N) is 1. The lowest BCUT2D eigenvalue weighted by Crippen LogP contribution is -2.39. The van der Waals surface area contributed by atoms with Crippen LogP contribution in [0.25, 0.3) is 0 Å². The van der Waals surface area contributed by atoms with Crippen molar-refractivity contribution in [3.63, 3.8) is 0 Å². The summed E-state index contributed by atoms with van der Waals surface area (Å²) in [6.07, 6.45) is 0. The smallest absolute Gasteiger partial charge is 0.242 e. The second-order valence-corrected chi connectivity index (χ2v) is 5.39. The molecule has 7 nitrogen and oxygen atoms in total. The zero-order valence-electron chi connectivity index (χ0n) is 13.1. The highest BCUT2D eigenvalue weighted by Crippen LogP contribution is 2.27. The molecule has 1 aliphatic rings. The minimum Gasteiger partial charge on any atom is -0.479 e. The molecule has 0 radical (unpaired) electrons. The molecule has 1 aromatic heterocycles. The Labute approximate surface area is 125 Å². The van der Waals surface area contributed by atoms with E-state index in [0.717, 1.165) is 45.2 Å². The van der Waals surface area contributed by atoms with Gasteiger partial charge >= 0.3 is 0 Å². The maximum atomic E-state index is 6.04. The third-order valence-corrected chi connectivity index (χ3v) is 3.46. The van der Waals surface area contributed by atoms with Gasteiger partial charge in [-0.25, -0.2) is 4.98 Å². The quantitative estimate of drug-likeness (QED) is 0.807. The summed E-state index contributed by atoms with van der Waals surface area (Å²) in [6.45, 7) is 9.36. The number of morpholine rings is 1. The average Bonchev–Trinajstić information content (AvgIpc) is 2.49. The van der Waals surface area contributed by atoms with Crippen molar-refractivity contribution in [2.75, 3.05) is 57.6 Å². The van der Waals surface area contributed by atoms with E-state index in [1.54, 1.807) is 7.11 Å². The molecule has 1 fully saturated rings. The van der Waals surface area contributed by atoms with Crippen molar-refractivity contribution in [1.29, 1.82) is 0 Å². The molecule has 0 spiro atoms. The lowest BCUT2D eigenvalue weighted by molar-refractivity contribution is 0.0398. The summed E-state index contributed by atoms with van der Waals surface area (Å²) >= 11 is 0. The predicted molar refractivity (Wildman–Crippen MR) is 82.8 cm³/mol. The minimum atomic E-state index is 0.222. The van der Waals surface area contributed by atoms with Crippen LogP contribution in [0.15, 0.2) is 0 Å². The van der Waals surface area contributed by atoms with Gasteiger partial charge in [0.2, 0.25) is 5.88 Å². The zero-order valence-corrected chi connectivity index (χ0v) is 13.1. The molecular weight excluding hydrogens is 270 g/mol. The number of aromatic nitrogens is 2. The van der Waals surface area contributed by atoms with Crippen molar-refractivity contribution in [3.05, 3.63) is 5.82 Å². The van der Waals surface area contributed by atoms with Crippen LogP contribution in [-0.2, 0) is 4.74 Å². The topological polar surface area (TPSA) is 85.5 Å². The number of hydrogen-bond donors (Lipinski definition) is 2. The van der Waals surface area contributed by atoms with Crippen molar-refractivity contribution < 1.29 is 9.47 Å². The number of ether oxygens (including phenoxy) is 2. The Kier molecular flexibility index (Phi) is 5.58. The first-order valence-electron chi connectivity index (χ1n) is 7.37. The van der Waals surface area contributed by atoms with Crippen LogP contribution in [0.3, 0.4) is 0 Å². The number of nitrogens with zero attached hydrogens (tertiary/aromatic N) is 3. The molecule has 2 heterocycles. The summed E-state index contributed by atoms with van der Waals surface area (Å²) < 4.78 is 10.6. The number of hydrogen-bond acceptors (Lipinski definition) is 7. The van der Waals surface area contributed by atoms with E-state index in [0.29, 0.717) is 17.4 Å². The molecular formula is C14H25N5O2. The largest absolute Gasteiger partial charge is 0.479 e. The van der Waals surface area contributed by atoms with Crippen molar-refractivity contribution in [1.82, 2.24) is 14.9 Å². The van der Waals surface area contributed by atoms with Crippen molar-refractivity contribution in [2.24, 2.45) is 0 Å². The lowest BCUT2D eigenvalue weighted by Gasteiger charge is -2.26. The summed E-state index contributed by atoms with van der Waals surface area (Å²) in [5.74, 6) is 2.04. The third kappa shape index (κ3) is 4.18. The SMILES string of the molecule is COc1nc(C(C)C)nc(NCCN2CCOCC2)c1N. The molecule has 1 aliphatic heterocycles. The fourth-order valence-electron chi connectivity index (χ4n) is 2.17. The molecule has 1 saturated heterocycles. The first-order valence-corrected chi connectivity index (χ1v) is 7.37. The van der Waals surface area contributed by atoms with Crippen molar-refractivity contribution >= 4 is 11.5 Å². The van der Waals surface area contributed by atoms with Gasteiger partial charge in [-0.05, 0) is 0 Å². The number of rotatable bonds is 6. The molecule has 1 aromatic rings. The van der Waals surface area contributed by atoms with Crippen LogP contribution in [-0.4, -0.2) is 61.4 Å². The van der Waals surface area contributed by atoms with Gasteiger partial charge in [0.05, 0.1) is 20.3 Å². The van der Waals surface area contributed by atoms with E-state index in [1.165, 1.54) is 0 Å². The molecule has 2 rings (SSSR count). The van der Waals surface area contributed by atoms with Gasteiger partial charge in [0, 0.05) is 32.1 Å². The second-order valence-electron chi connectivity index (χ2n) is 5.39. The van der Waals surface area contributed by atoms with E-state index >= 15 is 0 Å². The first kappa shape index (κ1) is 15.8. The highest BCUT2D eigenvalue weighted by Gasteiger charge is 2.15. The number of nitrogens with one attached hydrogen (secondary N) is 1. The van der Waals surface area contributed by atoms with Gasteiger partial charge in [-0.15, -0.1) is 0 Å². The summed E-state index contributed by atoms with van der Waals surface area (Å²) in [7, 11) is 1.57. The van der Waals surface area contributed by atoms with Crippen LogP contribution in [0.5, 0.6) is 5.88 Å². The van der Waals surface area contributed by atoms with Crippen molar-refractivity contribution in [2.45, 2.75) is 19.8 Å². The molecule has 118 valence electrons.